The molecule has 1 saturated heterocycles. The van der Waals surface area contributed by atoms with E-state index >= 15 is 0 Å². The smallest absolute Gasteiger partial charge is 0.0462 e. The van der Waals surface area contributed by atoms with Gasteiger partial charge in [0.15, 0.2) is 0 Å². The number of nitrogens with zero attached hydrogens (tertiary/aromatic N) is 1. The zero-order valence-electron chi connectivity index (χ0n) is 12.5. The Labute approximate surface area is 136 Å². The van der Waals surface area contributed by atoms with Crippen molar-refractivity contribution in [2.45, 2.75) is 45.8 Å². The molecular formula is C16H24BrClN2. The topological polar surface area (TPSA) is 15.3 Å². The monoisotopic (exact) mass is 358 g/mol. The summed E-state index contributed by atoms with van der Waals surface area (Å²) in [6, 6.07) is 7.33. The van der Waals surface area contributed by atoms with Crippen LogP contribution in [0.1, 0.15) is 32.8 Å². The van der Waals surface area contributed by atoms with Crippen LogP contribution >= 0.6 is 27.5 Å². The second kappa shape index (κ2) is 7.26. The van der Waals surface area contributed by atoms with Crippen LogP contribution < -0.4 is 5.32 Å². The van der Waals surface area contributed by atoms with Gasteiger partial charge in [0.2, 0.25) is 0 Å². The van der Waals surface area contributed by atoms with Crippen molar-refractivity contribution in [3.05, 3.63) is 33.3 Å². The summed E-state index contributed by atoms with van der Waals surface area (Å²) in [4.78, 5) is 2.54. The highest BCUT2D eigenvalue weighted by molar-refractivity contribution is 9.10. The van der Waals surface area contributed by atoms with Gasteiger partial charge in [-0.25, -0.2) is 0 Å². The number of halogens is 2. The second-order valence-corrected chi connectivity index (χ2v) is 7.57. The summed E-state index contributed by atoms with van der Waals surface area (Å²) in [6.07, 6.45) is 1.23. The van der Waals surface area contributed by atoms with Crippen molar-refractivity contribution >= 4 is 27.5 Å². The molecule has 1 aliphatic rings. The lowest BCUT2D eigenvalue weighted by atomic mass is 9.99. The molecule has 20 heavy (non-hydrogen) atoms. The minimum atomic E-state index is 0.554. The average Bonchev–Trinajstić information content (AvgIpc) is 2.36. The van der Waals surface area contributed by atoms with Crippen molar-refractivity contribution in [2.24, 2.45) is 5.92 Å². The molecule has 1 aromatic rings. The van der Waals surface area contributed by atoms with Gasteiger partial charge < -0.3 is 5.32 Å². The van der Waals surface area contributed by atoms with Gasteiger partial charge in [0.25, 0.3) is 0 Å². The Morgan fingerprint density at radius 2 is 2.20 bits per heavy atom. The van der Waals surface area contributed by atoms with Gasteiger partial charge in [-0.05, 0) is 37.0 Å². The number of hydrogen-bond acceptors (Lipinski definition) is 2. The minimum Gasteiger partial charge on any atom is -0.311 e. The standard InChI is InChI=1S/C16H24BrClN2/c1-11(2)6-15-10-20(12(3)8-19-15)9-13-4-5-14(17)7-16(13)18/h4-5,7,11-12,15,19H,6,8-10H2,1-3H3. The summed E-state index contributed by atoms with van der Waals surface area (Å²) >= 11 is 9.81. The first-order chi connectivity index (χ1) is 9.45. The number of rotatable bonds is 4. The van der Waals surface area contributed by atoms with Gasteiger partial charge in [0, 0.05) is 41.2 Å². The van der Waals surface area contributed by atoms with E-state index in [4.69, 9.17) is 11.6 Å². The summed E-state index contributed by atoms with van der Waals surface area (Å²) in [6.45, 7) is 9.96. The Balaban J connectivity index is 2.02. The van der Waals surface area contributed by atoms with Crippen molar-refractivity contribution in [3.63, 3.8) is 0 Å². The molecule has 2 rings (SSSR count). The highest BCUT2D eigenvalue weighted by atomic mass is 79.9. The normalized spacial score (nSPS) is 24.3. The highest BCUT2D eigenvalue weighted by Gasteiger charge is 2.25. The molecule has 2 atom stereocenters. The Kier molecular flexibility index (Phi) is 5.91. The lowest BCUT2D eigenvalue weighted by molar-refractivity contribution is 0.125. The molecule has 0 aromatic heterocycles. The Hall–Kier alpha value is -0.0900. The fourth-order valence-corrected chi connectivity index (χ4v) is 3.54. The van der Waals surface area contributed by atoms with Crippen molar-refractivity contribution in [1.82, 2.24) is 10.2 Å². The number of benzene rings is 1. The molecule has 1 fully saturated rings. The van der Waals surface area contributed by atoms with Crippen molar-refractivity contribution in [2.75, 3.05) is 13.1 Å². The Bertz CT molecular complexity index is 450. The summed E-state index contributed by atoms with van der Waals surface area (Å²) in [7, 11) is 0. The van der Waals surface area contributed by atoms with Gasteiger partial charge in [0.1, 0.15) is 0 Å². The third kappa shape index (κ3) is 4.45. The van der Waals surface area contributed by atoms with Crippen molar-refractivity contribution in [3.8, 4) is 0 Å². The SMILES string of the molecule is CC(C)CC1CN(Cc2ccc(Br)cc2Cl)C(C)CN1. The summed E-state index contributed by atoms with van der Waals surface area (Å²) in [5.41, 5.74) is 1.21. The Morgan fingerprint density at radius 1 is 1.45 bits per heavy atom. The fourth-order valence-electron chi connectivity index (χ4n) is 2.81. The molecular weight excluding hydrogens is 336 g/mol. The van der Waals surface area contributed by atoms with E-state index in [1.54, 1.807) is 0 Å². The van der Waals surface area contributed by atoms with Gasteiger partial charge in [-0.2, -0.15) is 0 Å². The summed E-state index contributed by atoms with van der Waals surface area (Å²) in [5.74, 6) is 0.735. The molecule has 1 aliphatic heterocycles. The maximum absolute atomic E-state index is 6.34. The van der Waals surface area contributed by atoms with Crippen molar-refractivity contribution < 1.29 is 0 Å². The van der Waals surface area contributed by atoms with Crippen LogP contribution in [0.3, 0.4) is 0 Å². The molecule has 2 nitrogen and oxygen atoms in total. The fraction of sp³-hybridized carbons (Fsp3) is 0.625. The maximum Gasteiger partial charge on any atom is 0.0462 e. The van der Waals surface area contributed by atoms with E-state index in [1.165, 1.54) is 12.0 Å². The van der Waals surface area contributed by atoms with Gasteiger partial charge in [-0.15, -0.1) is 0 Å². The molecule has 2 unspecified atom stereocenters. The molecule has 0 saturated carbocycles. The van der Waals surface area contributed by atoms with E-state index in [1.807, 2.05) is 6.07 Å². The molecule has 0 spiro atoms. The van der Waals surface area contributed by atoms with E-state index < -0.39 is 0 Å². The number of nitrogens with one attached hydrogen (secondary N) is 1. The van der Waals surface area contributed by atoms with Crippen LogP contribution in [0, 0.1) is 5.92 Å². The number of hydrogen-bond donors (Lipinski definition) is 1. The molecule has 1 N–H and O–H groups in total. The first-order valence-electron chi connectivity index (χ1n) is 7.37. The molecule has 112 valence electrons. The van der Waals surface area contributed by atoms with Gasteiger partial charge in [-0.1, -0.05) is 47.4 Å². The average molecular weight is 360 g/mol. The third-order valence-corrected chi connectivity index (χ3v) is 4.77. The van der Waals surface area contributed by atoms with Crippen LogP contribution in [0.25, 0.3) is 0 Å². The molecule has 0 amide bonds. The molecule has 0 radical (unpaired) electrons. The predicted octanol–water partition coefficient (Wildman–Crippen LogP) is 4.31. The van der Waals surface area contributed by atoms with Crippen LogP contribution in [-0.2, 0) is 6.54 Å². The lowest BCUT2D eigenvalue weighted by Crippen LogP contribution is -2.55. The van der Waals surface area contributed by atoms with Crippen LogP contribution in [0.5, 0.6) is 0 Å². The van der Waals surface area contributed by atoms with Gasteiger partial charge in [-0.3, -0.25) is 4.90 Å². The quantitative estimate of drug-likeness (QED) is 0.861. The van der Waals surface area contributed by atoms with Crippen LogP contribution in [0.2, 0.25) is 5.02 Å². The molecule has 0 bridgehead atoms. The molecule has 4 heteroatoms. The summed E-state index contributed by atoms with van der Waals surface area (Å²) in [5, 5.41) is 4.51. The van der Waals surface area contributed by atoms with Gasteiger partial charge in [0.05, 0.1) is 0 Å². The van der Waals surface area contributed by atoms with E-state index in [9.17, 15) is 0 Å². The third-order valence-electron chi connectivity index (χ3n) is 3.92. The van der Waals surface area contributed by atoms with E-state index in [-0.39, 0.29) is 0 Å². The molecule has 1 heterocycles. The van der Waals surface area contributed by atoms with E-state index in [0.717, 1.165) is 35.0 Å². The first kappa shape index (κ1) is 16.3. The summed E-state index contributed by atoms with van der Waals surface area (Å²) < 4.78 is 1.04. The van der Waals surface area contributed by atoms with Gasteiger partial charge >= 0.3 is 0 Å². The Morgan fingerprint density at radius 3 is 2.85 bits per heavy atom. The van der Waals surface area contributed by atoms with Crippen LogP contribution in [-0.4, -0.2) is 30.1 Å². The second-order valence-electron chi connectivity index (χ2n) is 6.25. The van der Waals surface area contributed by atoms with Crippen LogP contribution in [0.15, 0.2) is 22.7 Å². The molecule has 0 aliphatic carbocycles. The van der Waals surface area contributed by atoms with Crippen molar-refractivity contribution in [1.29, 1.82) is 0 Å². The first-order valence-corrected chi connectivity index (χ1v) is 8.54. The maximum atomic E-state index is 6.34. The van der Waals surface area contributed by atoms with Crippen LogP contribution in [0.4, 0.5) is 0 Å². The predicted molar refractivity (Wildman–Crippen MR) is 90.3 cm³/mol. The zero-order chi connectivity index (χ0) is 14.7. The van der Waals surface area contributed by atoms with E-state index in [2.05, 4.69) is 59.1 Å². The lowest BCUT2D eigenvalue weighted by Gasteiger charge is -2.39. The molecule has 1 aromatic carbocycles. The number of piperazine rings is 1. The highest BCUT2D eigenvalue weighted by Crippen LogP contribution is 2.24. The van der Waals surface area contributed by atoms with E-state index in [0.29, 0.717) is 12.1 Å². The minimum absolute atomic E-state index is 0.554. The largest absolute Gasteiger partial charge is 0.311 e. The zero-order valence-corrected chi connectivity index (χ0v) is 14.8.